The number of rotatable bonds is 3. The molecule has 1 N–H and O–H groups in total. The van der Waals surface area contributed by atoms with Crippen molar-refractivity contribution in [2.75, 3.05) is 6.26 Å². The summed E-state index contributed by atoms with van der Waals surface area (Å²) in [4.78, 5) is 7.84. The lowest BCUT2D eigenvalue weighted by molar-refractivity contribution is 0.602. The number of fused-ring (bicyclic) bond motifs is 1. The number of nitrogens with zero attached hydrogens (tertiary/aromatic N) is 1. The van der Waals surface area contributed by atoms with E-state index in [0.717, 1.165) is 17.8 Å². The maximum absolute atomic E-state index is 11.6. The molecular weight excluding hydrogens is 236 g/mol. The molecule has 17 heavy (non-hydrogen) atoms. The van der Waals surface area contributed by atoms with Gasteiger partial charge in [-0.15, -0.1) is 0 Å². The number of hydrogen-bond donors (Lipinski definition) is 1. The topological polar surface area (TPSA) is 62.8 Å². The first kappa shape index (κ1) is 12.1. The third-order valence-electron chi connectivity index (χ3n) is 2.53. The monoisotopic (exact) mass is 252 g/mol. The molecule has 5 heteroatoms. The SMILES string of the molecule is CC(C)Cc1nc2c(S(C)(=O)=O)cccc2[nH]1. The lowest BCUT2D eigenvalue weighted by Gasteiger charge is -1.98. The molecule has 0 radical (unpaired) electrons. The van der Waals surface area contributed by atoms with Crippen LogP contribution in [0.5, 0.6) is 0 Å². The van der Waals surface area contributed by atoms with Gasteiger partial charge >= 0.3 is 0 Å². The Bertz CT molecular complexity index is 642. The minimum absolute atomic E-state index is 0.293. The molecule has 4 nitrogen and oxygen atoms in total. The van der Waals surface area contributed by atoms with E-state index in [1.54, 1.807) is 12.1 Å². The van der Waals surface area contributed by atoms with Gasteiger partial charge in [-0.25, -0.2) is 13.4 Å². The molecule has 1 aromatic heterocycles. The maximum Gasteiger partial charge on any atom is 0.177 e. The third kappa shape index (κ3) is 2.49. The van der Waals surface area contributed by atoms with Crippen LogP contribution in [0.1, 0.15) is 19.7 Å². The highest BCUT2D eigenvalue weighted by Gasteiger charge is 2.15. The molecule has 1 heterocycles. The summed E-state index contributed by atoms with van der Waals surface area (Å²) < 4.78 is 23.2. The van der Waals surface area contributed by atoms with Crippen LogP contribution in [0.2, 0.25) is 0 Å². The second-order valence-electron chi connectivity index (χ2n) is 4.71. The molecule has 0 atom stereocenters. The van der Waals surface area contributed by atoms with E-state index in [4.69, 9.17) is 0 Å². The van der Waals surface area contributed by atoms with Crippen molar-refractivity contribution in [2.45, 2.75) is 25.2 Å². The molecule has 1 aromatic carbocycles. The maximum atomic E-state index is 11.6. The van der Waals surface area contributed by atoms with Gasteiger partial charge in [0.25, 0.3) is 0 Å². The Morgan fingerprint density at radius 3 is 2.65 bits per heavy atom. The van der Waals surface area contributed by atoms with Crippen molar-refractivity contribution >= 4 is 20.9 Å². The lowest BCUT2D eigenvalue weighted by atomic mass is 10.1. The van der Waals surface area contributed by atoms with Crippen LogP contribution in [-0.2, 0) is 16.3 Å². The average molecular weight is 252 g/mol. The van der Waals surface area contributed by atoms with E-state index in [0.29, 0.717) is 16.3 Å². The Morgan fingerprint density at radius 1 is 1.35 bits per heavy atom. The Morgan fingerprint density at radius 2 is 2.06 bits per heavy atom. The van der Waals surface area contributed by atoms with Crippen LogP contribution in [-0.4, -0.2) is 24.6 Å². The number of sulfone groups is 1. The normalized spacial score (nSPS) is 12.5. The number of benzene rings is 1. The van der Waals surface area contributed by atoms with Crippen molar-refractivity contribution in [1.82, 2.24) is 9.97 Å². The predicted octanol–water partition coefficient (Wildman–Crippen LogP) is 2.16. The van der Waals surface area contributed by atoms with E-state index < -0.39 is 9.84 Å². The fraction of sp³-hybridized carbons (Fsp3) is 0.417. The van der Waals surface area contributed by atoms with Crippen molar-refractivity contribution in [1.29, 1.82) is 0 Å². The summed E-state index contributed by atoms with van der Waals surface area (Å²) in [5.41, 5.74) is 1.33. The van der Waals surface area contributed by atoms with Gasteiger partial charge in [-0.05, 0) is 18.1 Å². The largest absolute Gasteiger partial charge is 0.342 e. The van der Waals surface area contributed by atoms with Crippen molar-refractivity contribution < 1.29 is 8.42 Å². The minimum atomic E-state index is -3.23. The number of hydrogen-bond acceptors (Lipinski definition) is 3. The Balaban J connectivity index is 2.61. The van der Waals surface area contributed by atoms with E-state index in [-0.39, 0.29) is 0 Å². The molecule has 0 aliphatic rings. The summed E-state index contributed by atoms with van der Waals surface area (Å²) in [6.45, 7) is 4.20. The van der Waals surface area contributed by atoms with Crippen molar-refractivity contribution in [2.24, 2.45) is 5.92 Å². The van der Waals surface area contributed by atoms with E-state index in [1.807, 2.05) is 6.07 Å². The summed E-state index contributed by atoms with van der Waals surface area (Å²) in [7, 11) is -3.23. The van der Waals surface area contributed by atoms with Crippen molar-refractivity contribution in [3.05, 3.63) is 24.0 Å². The first-order valence-corrected chi connectivity index (χ1v) is 7.44. The second-order valence-corrected chi connectivity index (χ2v) is 6.69. The number of H-pyrrole nitrogens is 1. The van der Waals surface area contributed by atoms with Crippen LogP contribution in [0.25, 0.3) is 11.0 Å². The minimum Gasteiger partial charge on any atom is -0.342 e. The van der Waals surface area contributed by atoms with Crippen LogP contribution in [0.4, 0.5) is 0 Å². The summed E-state index contributed by atoms with van der Waals surface area (Å²) in [6.07, 6.45) is 2.02. The molecule has 0 bridgehead atoms. The number of nitrogens with one attached hydrogen (secondary N) is 1. The van der Waals surface area contributed by atoms with Crippen LogP contribution < -0.4 is 0 Å². The highest BCUT2D eigenvalue weighted by molar-refractivity contribution is 7.91. The summed E-state index contributed by atoms with van der Waals surface area (Å²) in [5.74, 6) is 1.32. The zero-order valence-corrected chi connectivity index (χ0v) is 11.0. The molecule has 0 saturated heterocycles. The quantitative estimate of drug-likeness (QED) is 0.910. The Hall–Kier alpha value is -1.36. The lowest BCUT2D eigenvalue weighted by Crippen LogP contribution is -1.98. The van der Waals surface area contributed by atoms with E-state index >= 15 is 0 Å². The first-order valence-electron chi connectivity index (χ1n) is 5.55. The van der Waals surface area contributed by atoms with Gasteiger partial charge in [0.15, 0.2) is 9.84 Å². The number of aromatic amines is 1. The molecule has 0 aliphatic carbocycles. The van der Waals surface area contributed by atoms with Gasteiger partial charge in [0.2, 0.25) is 0 Å². The van der Waals surface area contributed by atoms with Gasteiger partial charge in [-0.3, -0.25) is 0 Å². The summed E-state index contributed by atoms with van der Waals surface area (Å²) in [6, 6.07) is 5.18. The Kier molecular flexibility index (Phi) is 2.95. The number of aromatic nitrogens is 2. The number of para-hydroxylation sites is 1. The fourth-order valence-corrected chi connectivity index (χ4v) is 2.67. The summed E-state index contributed by atoms with van der Waals surface area (Å²) in [5, 5.41) is 0. The molecule has 2 aromatic rings. The first-order chi connectivity index (χ1) is 7.88. The summed E-state index contributed by atoms with van der Waals surface area (Å²) >= 11 is 0. The Labute approximate surface area is 101 Å². The van der Waals surface area contributed by atoms with E-state index in [2.05, 4.69) is 23.8 Å². The molecule has 0 amide bonds. The highest BCUT2D eigenvalue weighted by Crippen LogP contribution is 2.21. The zero-order valence-electron chi connectivity index (χ0n) is 10.2. The third-order valence-corrected chi connectivity index (χ3v) is 3.65. The highest BCUT2D eigenvalue weighted by atomic mass is 32.2. The van der Waals surface area contributed by atoms with Crippen molar-refractivity contribution in [3.8, 4) is 0 Å². The van der Waals surface area contributed by atoms with Gasteiger partial charge in [0, 0.05) is 12.7 Å². The molecule has 0 saturated carbocycles. The molecule has 0 spiro atoms. The fourth-order valence-electron chi connectivity index (χ4n) is 1.84. The van der Waals surface area contributed by atoms with Gasteiger partial charge in [0.1, 0.15) is 11.3 Å². The molecule has 0 fully saturated rings. The van der Waals surface area contributed by atoms with Crippen LogP contribution in [0.15, 0.2) is 23.1 Å². The van der Waals surface area contributed by atoms with Crippen LogP contribution in [0.3, 0.4) is 0 Å². The second kappa shape index (κ2) is 4.14. The van der Waals surface area contributed by atoms with Crippen LogP contribution in [0, 0.1) is 5.92 Å². The van der Waals surface area contributed by atoms with Gasteiger partial charge in [-0.2, -0.15) is 0 Å². The van der Waals surface area contributed by atoms with E-state index in [1.165, 1.54) is 6.26 Å². The van der Waals surface area contributed by atoms with Gasteiger partial charge < -0.3 is 4.98 Å². The number of imidazole rings is 1. The molecular formula is C12H16N2O2S. The molecule has 0 aliphatic heterocycles. The van der Waals surface area contributed by atoms with Crippen LogP contribution >= 0.6 is 0 Å². The van der Waals surface area contributed by atoms with Crippen molar-refractivity contribution in [3.63, 3.8) is 0 Å². The smallest absolute Gasteiger partial charge is 0.177 e. The predicted molar refractivity (Wildman–Crippen MR) is 67.7 cm³/mol. The molecule has 0 unspecified atom stereocenters. The standard InChI is InChI=1S/C12H16N2O2S/c1-8(2)7-11-13-9-5-4-6-10(12(9)14-11)17(3,15)16/h4-6,8H,7H2,1-3H3,(H,13,14). The molecule has 2 rings (SSSR count). The average Bonchev–Trinajstić information content (AvgIpc) is 2.55. The molecule has 92 valence electrons. The van der Waals surface area contributed by atoms with Gasteiger partial charge in [-0.1, -0.05) is 19.9 Å². The zero-order chi connectivity index (χ0) is 12.6. The van der Waals surface area contributed by atoms with E-state index in [9.17, 15) is 8.42 Å². The van der Waals surface area contributed by atoms with Gasteiger partial charge in [0.05, 0.1) is 10.4 Å².